The molecular formula is C11H18N6OS. The maximum Gasteiger partial charge on any atom is 0.180 e. The summed E-state index contributed by atoms with van der Waals surface area (Å²) >= 11 is 1.61. The zero-order chi connectivity index (χ0) is 13.8. The van der Waals surface area contributed by atoms with Crippen LogP contribution in [0.2, 0.25) is 0 Å². The van der Waals surface area contributed by atoms with E-state index in [0.29, 0.717) is 11.6 Å². The van der Waals surface area contributed by atoms with Gasteiger partial charge in [0.15, 0.2) is 17.3 Å². The lowest BCUT2D eigenvalue weighted by Crippen LogP contribution is -2.31. The molecule has 5 N–H and O–H groups in total. The molecule has 8 heteroatoms. The molecule has 0 radical (unpaired) electrons. The number of nitrogens with zero attached hydrogens (tertiary/aromatic N) is 3. The Morgan fingerprint density at radius 3 is 3.00 bits per heavy atom. The highest BCUT2D eigenvalue weighted by Gasteiger charge is 2.17. The molecule has 0 spiro atoms. The molecule has 0 saturated carbocycles. The smallest absolute Gasteiger partial charge is 0.180 e. The summed E-state index contributed by atoms with van der Waals surface area (Å²) < 4.78 is 1.84. The van der Waals surface area contributed by atoms with Gasteiger partial charge in [-0.15, -0.1) is 0 Å². The number of hydrogen-bond donors (Lipinski definition) is 4. The van der Waals surface area contributed by atoms with Crippen LogP contribution in [-0.4, -0.2) is 43.6 Å². The summed E-state index contributed by atoms with van der Waals surface area (Å²) in [6, 6.07) is 0.0565. The first-order chi connectivity index (χ1) is 9.19. The highest BCUT2D eigenvalue weighted by molar-refractivity contribution is 7.99. The first-order valence-electron chi connectivity index (χ1n) is 5.90. The average Bonchev–Trinajstić information content (AvgIpc) is 2.88. The molecule has 2 aromatic rings. The van der Waals surface area contributed by atoms with Crippen LogP contribution in [0.15, 0.2) is 18.6 Å². The largest absolute Gasteiger partial charge is 0.395 e. The molecule has 7 nitrogen and oxygen atoms in total. The van der Waals surface area contributed by atoms with E-state index in [2.05, 4.69) is 20.7 Å². The lowest BCUT2D eigenvalue weighted by molar-refractivity contribution is 0.288. The number of nitrogens with one attached hydrogen (secondary N) is 2. The van der Waals surface area contributed by atoms with Crippen LogP contribution < -0.4 is 16.6 Å². The Hall–Kier alpha value is -1.51. The van der Waals surface area contributed by atoms with Crippen molar-refractivity contribution in [3.63, 3.8) is 0 Å². The second-order valence-electron chi connectivity index (χ2n) is 4.17. The van der Waals surface area contributed by atoms with E-state index in [1.54, 1.807) is 24.2 Å². The number of aliphatic hydroxyl groups is 1. The predicted molar refractivity (Wildman–Crippen MR) is 78.3 cm³/mol. The Bertz CT molecular complexity index is 541. The molecule has 104 valence electrons. The van der Waals surface area contributed by atoms with Crippen molar-refractivity contribution in [2.45, 2.75) is 18.2 Å². The van der Waals surface area contributed by atoms with Crippen LogP contribution >= 0.6 is 11.8 Å². The Morgan fingerprint density at radius 2 is 2.37 bits per heavy atom. The maximum atomic E-state index is 9.31. The Labute approximate surface area is 115 Å². The summed E-state index contributed by atoms with van der Waals surface area (Å²) in [6.07, 6.45) is 7.25. The van der Waals surface area contributed by atoms with Gasteiger partial charge >= 0.3 is 0 Å². The fraction of sp³-hybridized carbons (Fsp3) is 0.455. The van der Waals surface area contributed by atoms with E-state index in [0.717, 1.165) is 5.65 Å². The van der Waals surface area contributed by atoms with E-state index in [-0.39, 0.29) is 17.9 Å². The summed E-state index contributed by atoms with van der Waals surface area (Å²) in [6.45, 7) is 2.11. The molecular weight excluding hydrogens is 264 g/mol. The van der Waals surface area contributed by atoms with E-state index in [9.17, 15) is 5.11 Å². The predicted octanol–water partition coefficient (Wildman–Crippen LogP) is 0.539. The summed E-state index contributed by atoms with van der Waals surface area (Å²) in [5, 5.41) is 12.7. The van der Waals surface area contributed by atoms with Gasteiger partial charge in [0.05, 0.1) is 12.8 Å². The van der Waals surface area contributed by atoms with Crippen LogP contribution in [0.3, 0.4) is 0 Å². The van der Waals surface area contributed by atoms with E-state index in [1.165, 1.54) is 0 Å². The molecule has 0 fully saturated rings. The zero-order valence-corrected chi connectivity index (χ0v) is 11.7. The maximum absolute atomic E-state index is 9.31. The van der Waals surface area contributed by atoms with Crippen LogP contribution in [0, 0.1) is 0 Å². The third-order valence-electron chi connectivity index (χ3n) is 2.93. The monoisotopic (exact) mass is 282 g/mol. The molecule has 0 aromatic carbocycles. The van der Waals surface area contributed by atoms with Gasteiger partial charge in [-0.1, -0.05) is 0 Å². The minimum absolute atomic E-state index is 0.0565. The van der Waals surface area contributed by atoms with Crippen molar-refractivity contribution in [3.05, 3.63) is 18.6 Å². The Balaban J connectivity index is 2.30. The van der Waals surface area contributed by atoms with Crippen molar-refractivity contribution in [1.29, 1.82) is 0 Å². The number of thioether (sulfide) groups is 1. The first kappa shape index (κ1) is 13.9. The number of hydrogen-bond acceptors (Lipinski definition) is 7. The van der Waals surface area contributed by atoms with Gasteiger partial charge in [0.2, 0.25) is 0 Å². The van der Waals surface area contributed by atoms with Gasteiger partial charge in [0.25, 0.3) is 0 Å². The number of imidazole rings is 1. The molecule has 2 heterocycles. The van der Waals surface area contributed by atoms with Gasteiger partial charge in [-0.3, -0.25) is 0 Å². The van der Waals surface area contributed by atoms with Gasteiger partial charge in [-0.25, -0.2) is 15.8 Å². The third kappa shape index (κ3) is 2.91. The summed E-state index contributed by atoms with van der Waals surface area (Å²) in [5.74, 6) is 6.59. The number of anilines is 2. The average molecular weight is 282 g/mol. The molecule has 0 aliphatic carbocycles. The highest BCUT2D eigenvalue weighted by Crippen LogP contribution is 2.20. The molecule has 2 aromatic heterocycles. The highest BCUT2D eigenvalue weighted by atomic mass is 32.2. The van der Waals surface area contributed by atoms with E-state index < -0.39 is 0 Å². The molecule has 2 atom stereocenters. The minimum Gasteiger partial charge on any atom is -0.395 e. The standard InChI is InChI=1S/C11H18N6OS/c1-7(8(6-18)19-2)14-10-11-13-3-4-17(11)5-9(15-10)16-12/h3-5,7-8,16,18H,6,12H2,1-2H3,(H,14,15). The number of aliphatic hydroxyl groups excluding tert-OH is 1. The van der Waals surface area contributed by atoms with Crippen molar-refractivity contribution < 1.29 is 5.11 Å². The van der Waals surface area contributed by atoms with E-state index in [1.807, 2.05) is 23.8 Å². The molecule has 0 aliphatic heterocycles. The quantitative estimate of drug-likeness (QED) is 0.453. The van der Waals surface area contributed by atoms with Crippen molar-refractivity contribution in [2.24, 2.45) is 5.84 Å². The summed E-state index contributed by atoms with van der Waals surface area (Å²) in [7, 11) is 0. The van der Waals surface area contributed by atoms with Gasteiger partial charge in [-0.05, 0) is 13.2 Å². The molecule has 19 heavy (non-hydrogen) atoms. The van der Waals surface area contributed by atoms with Crippen molar-refractivity contribution in [1.82, 2.24) is 14.4 Å². The fourth-order valence-electron chi connectivity index (χ4n) is 1.84. The van der Waals surface area contributed by atoms with Crippen LogP contribution in [0.4, 0.5) is 11.6 Å². The topological polar surface area (TPSA) is 100 Å². The fourth-order valence-corrected chi connectivity index (χ4v) is 2.47. The Kier molecular flexibility index (Phi) is 4.46. The van der Waals surface area contributed by atoms with Crippen LogP contribution in [0.25, 0.3) is 5.65 Å². The molecule has 2 rings (SSSR count). The summed E-state index contributed by atoms with van der Waals surface area (Å²) in [4.78, 5) is 8.62. The van der Waals surface area contributed by atoms with Crippen molar-refractivity contribution >= 4 is 29.0 Å². The molecule has 0 amide bonds. The number of nitrogens with two attached hydrogens (primary N) is 1. The second-order valence-corrected chi connectivity index (χ2v) is 5.24. The number of rotatable bonds is 6. The minimum atomic E-state index is 0.0565. The lowest BCUT2D eigenvalue weighted by atomic mass is 10.2. The zero-order valence-electron chi connectivity index (χ0n) is 10.9. The third-order valence-corrected chi connectivity index (χ3v) is 4.09. The molecule has 2 unspecified atom stereocenters. The number of nitrogen functional groups attached to an aromatic ring is 1. The van der Waals surface area contributed by atoms with Gasteiger partial charge in [-0.2, -0.15) is 11.8 Å². The normalized spacial score (nSPS) is 14.3. The van der Waals surface area contributed by atoms with E-state index >= 15 is 0 Å². The summed E-state index contributed by atoms with van der Waals surface area (Å²) in [5.41, 5.74) is 3.25. The van der Waals surface area contributed by atoms with Crippen molar-refractivity contribution in [2.75, 3.05) is 23.6 Å². The SMILES string of the molecule is CSC(CO)C(C)Nc1nc(NN)cn2ccnc12. The van der Waals surface area contributed by atoms with Crippen LogP contribution in [0.5, 0.6) is 0 Å². The van der Waals surface area contributed by atoms with E-state index in [4.69, 9.17) is 5.84 Å². The second kappa shape index (κ2) is 6.09. The molecule has 0 bridgehead atoms. The first-order valence-corrected chi connectivity index (χ1v) is 7.19. The Morgan fingerprint density at radius 1 is 1.58 bits per heavy atom. The van der Waals surface area contributed by atoms with Crippen LogP contribution in [0.1, 0.15) is 6.92 Å². The molecule has 0 saturated heterocycles. The van der Waals surface area contributed by atoms with Crippen LogP contribution in [-0.2, 0) is 0 Å². The number of fused-ring (bicyclic) bond motifs is 1. The lowest BCUT2D eigenvalue weighted by Gasteiger charge is -2.22. The molecule has 0 aliphatic rings. The number of aromatic nitrogens is 3. The van der Waals surface area contributed by atoms with Gasteiger partial charge in [0.1, 0.15) is 0 Å². The van der Waals surface area contributed by atoms with Gasteiger partial charge < -0.3 is 20.2 Å². The number of hydrazine groups is 1. The van der Waals surface area contributed by atoms with Gasteiger partial charge in [0, 0.05) is 23.7 Å². The van der Waals surface area contributed by atoms with Crippen molar-refractivity contribution in [3.8, 4) is 0 Å².